The number of pyridine rings is 1. The molecule has 0 aromatic carbocycles. The molecule has 33 heavy (non-hydrogen) atoms. The quantitative estimate of drug-likeness (QED) is 0.541. The van der Waals surface area contributed by atoms with Crippen molar-refractivity contribution in [1.82, 2.24) is 15.0 Å². The molecule has 0 aliphatic heterocycles. The van der Waals surface area contributed by atoms with Crippen molar-refractivity contribution in [3.05, 3.63) is 18.0 Å². The highest BCUT2D eigenvalue weighted by molar-refractivity contribution is 5.86. The molecule has 0 bridgehead atoms. The summed E-state index contributed by atoms with van der Waals surface area (Å²) in [5.41, 5.74) is 1.40. The van der Waals surface area contributed by atoms with Gasteiger partial charge in [0.05, 0.1) is 22.6 Å². The Hall–Kier alpha value is -1.99. The molecule has 2 aliphatic carbocycles. The van der Waals surface area contributed by atoms with E-state index in [4.69, 9.17) is 14.7 Å². The van der Waals surface area contributed by atoms with Gasteiger partial charge in [-0.05, 0) is 90.4 Å². The number of anilines is 1. The maximum atomic E-state index is 10.3. The Labute approximate surface area is 197 Å². The minimum atomic E-state index is -0.641. The lowest BCUT2D eigenvalue weighted by Crippen LogP contribution is -2.36. The number of aliphatic hydroxyl groups is 2. The summed E-state index contributed by atoms with van der Waals surface area (Å²) in [6.45, 7) is 8.07. The minimum Gasteiger partial charge on any atom is -0.474 e. The average molecular weight is 457 g/mol. The Bertz CT molecular complexity index is 929. The SMILES string of the molecule is CC[C@H](C)Nc1ncc2c(O[C@H]3CC[C@H](C(C)(C)O)CC3)ncc([C@H]3CC[C@H](O)CC3)c2n1. The molecule has 2 heterocycles. The third-order valence-corrected chi connectivity index (χ3v) is 7.69. The van der Waals surface area contributed by atoms with Crippen LogP contribution < -0.4 is 10.1 Å². The first kappa shape index (κ1) is 24.1. The zero-order chi connectivity index (χ0) is 23.6. The second-order valence-electron chi connectivity index (χ2n) is 10.7. The average Bonchev–Trinajstić information content (AvgIpc) is 2.79. The Balaban J connectivity index is 1.60. The van der Waals surface area contributed by atoms with Crippen molar-refractivity contribution >= 4 is 16.9 Å². The molecule has 3 N–H and O–H groups in total. The Kier molecular flexibility index (Phi) is 7.39. The summed E-state index contributed by atoms with van der Waals surface area (Å²) in [4.78, 5) is 14.2. The van der Waals surface area contributed by atoms with Crippen LogP contribution in [0.5, 0.6) is 5.88 Å². The maximum absolute atomic E-state index is 10.3. The van der Waals surface area contributed by atoms with Gasteiger partial charge in [0.25, 0.3) is 0 Å². The van der Waals surface area contributed by atoms with Crippen LogP contribution in [0.25, 0.3) is 10.9 Å². The molecule has 7 nitrogen and oxygen atoms in total. The topological polar surface area (TPSA) is 100 Å². The van der Waals surface area contributed by atoms with Gasteiger partial charge in [-0.3, -0.25) is 0 Å². The lowest BCUT2D eigenvalue weighted by molar-refractivity contribution is -0.0154. The number of hydrogen-bond donors (Lipinski definition) is 3. The number of aliphatic hydroxyl groups excluding tert-OH is 1. The molecular weight excluding hydrogens is 416 g/mol. The van der Waals surface area contributed by atoms with Crippen molar-refractivity contribution in [2.24, 2.45) is 5.92 Å². The van der Waals surface area contributed by atoms with Gasteiger partial charge in [-0.25, -0.2) is 15.0 Å². The van der Waals surface area contributed by atoms with Gasteiger partial charge >= 0.3 is 0 Å². The molecule has 1 atom stereocenters. The highest BCUT2D eigenvalue weighted by Crippen LogP contribution is 2.39. The molecule has 2 aliphatic rings. The molecular formula is C26H40N4O3. The number of hydrogen-bond acceptors (Lipinski definition) is 7. The fourth-order valence-electron chi connectivity index (χ4n) is 5.23. The third kappa shape index (κ3) is 5.75. The standard InChI is InChI=1S/C26H40N4O3/c1-5-16(2)29-25-28-15-22-23(30-25)21(17-6-10-19(31)11-7-17)14-27-24(22)33-20-12-8-18(9-13-20)26(3,4)32/h14-20,31-32H,5-13H2,1-4H3,(H,28,29,30)/t16-,17-,18-,19-,20-/m0/s1. The molecule has 2 saturated carbocycles. The van der Waals surface area contributed by atoms with E-state index in [0.29, 0.717) is 29.7 Å². The fourth-order valence-corrected chi connectivity index (χ4v) is 5.23. The zero-order valence-corrected chi connectivity index (χ0v) is 20.5. The molecule has 0 radical (unpaired) electrons. The van der Waals surface area contributed by atoms with Gasteiger partial charge in [0, 0.05) is 24.0 Å². The van der Waals surface area contributed by atoms with Gasteiger partial charge in [-0.2, -0.15) is 0 Å². The third-order valence-electron chi connectivity index (χ3n) is 7.69. The molecule has 2 fully saturated rings. The van der Waals surface area contributed by atoms with Crippen LogP contribution in [0, 0.1) is 5.92 Å². The fraction of sp³-hybridized carbons (Fsp3) is 0.731. The van der Waals surface area contributed by atoms with Gasteiger partial charge in [-0.15, -0.1) is 0 Å². The lowest BCUT2D eigenvalue weighted by Gasteiger charge is -2.35. The van der Waals surface area contributed by atoms with Crippen molar-refractivity contribution < 1.29 is 14.9 Å². The van der Waals surface area contributed by atoms with E-state index in [1.165, 1.54) is 0 Å². The molecule has 0 unspecified atom stereocenters. The van der Waals surface area contributed by atoms with E-state index in [2.05, 4.69) is 24.1 Å². The van der Waals surface area contributed by atoms with E-state index in [1.807, 2.05) is 26.2 Å². The van der Waals surface area contributed by atoms with E-state index < -0.39 is 5.60 Å². The monoisotopic (exact) mass is 456 g/mol. The smallest absolute Gasteiger partial charge is 0.224 e. The van der Waals surface area contributed by atoms with Crippen LogP contribution in [-0.4, -0.2) is 49.0 Å². The molecule has 7 heteroatoms. The highest BCUT2D eigenvalue weighted by Gasteiger charge is 2.32. The second-order valence-corrected chi connectivity index (χ2v) is 10.7. The van der Waals surface area contributed by atoms with Crippen LogP contribution in [0.1, 0.15) is 97.0 Å². The first-order chi connectivity index (χ1) is 15.7. The van der Waals surface area contributed by atoms with Crippen LogP contribution in [0.3, 0.4) is 0 Å². The van der Waals surface area contributed by atoms with Crippen LogP contribution >= 0.6 is 0 Å². The summed E-state index contributed by atoms with van der Waals surface area (Å²) < 4.78 is 6.40. The van der Waals surface area contributed by atoms with Crippen molar-refractivity contribution in [1.29, 1.82) is 0 Å². The van der Waals surface area contributed by atoms with Gasteiger partial charge in [-0.1, -0.05) is 6.92 Å². The normalized spacial score (nSPS) is 27.3. The molecule has 0 amide bonds. The summed E-state index contributed by atoms with van der Waals surface area (Å²) in [6.07, 6.45) is 11.9. The maximum Gasteiger partial charge on any atom is 0.224 e. The number of nitrogens with one attached hydrogen (secondary N) is 1. The van der Waals surface area contributed by atoms with Crippen molar-refractivity contribution in [3.63, 3.8) is 0 Å². The summed E-state index contributed by atoms with van der Waals surface area (Å²) in [7, 11) is 0. The molecule has 0 spiro atoms. The van der Waals surface area contributed by atoms with Crippen LogP contribution in [0.2, 0.25) is 0 Å². The molecule has 182 valence electrons. The summed E-state index contributed by atoms with van der Waals surface area (Å²) >= 11 is 0. The number of fused-ring (bicyclic) bond motifs is 1. The van der Waals surface area contributed by atoms with E-state index >= 15 is 0 Å². The molecule has 0 saturated heterocycles. The number of aromatic nitrogens is 3. The number of rotatable bonds is 7. The number of ether oxygens (including phenoxy) is 1. The van der Waals surface area contributed by atoms with Gasteiger partial charge in [0.15, 0.2) is 0 Å². The van der Waals surface area contributed by atoms with Gasteiger partial charge in [0.1, 0.15) is 6.10 Å². The molecule has 2 aromatic heterocycles. The van der Waals surface area contributed by atoms with Gasteiger partial charge < -0.3 is 20.3 Å². The first-order valence-electron chi connectivity index (χ1n) is 12.7. The predicted molar refractivity (Wildman–Crippen MR) is 131 cm³/mol. The lowest BCUT2D eigenvalue weighted by atomic mass is 9.78. The summed E-state index contributed by atoms with van der Waals surface area (Å²) in [6, 6.07) is 0.291. The minimum absolute atomic E-state index is 0.0906. The second kappa shape index (κ2) is 10.1. The number of nitrogens with zero attached hydrogens (tertiary/aromatic N) is 3. The van der Waals surface area contributed by atoms with Crippen LogP contribution in [0.4, 0.5) is 5.95 Å². The summed E-state index contributed by atoms with van der Waals surface area (Å²) in [5, 5.41) is 24.6. The van der Waals surface area contributed by atoms with Crippen LogP contribution in [0.15, 0.2) is 12.4 Å². The van der Waals surface area contributed by atoms with Crippen molar-refractivity contribution in [2.75, 3.05) is 5.32 Å². The van der Waals surface area contributed by atoms with Gasteiger partial charge in [0.2, 0.25) is 11.8 Å². The Morgan fingerprint density at radius 3 is 2.39 bits per heavy atom. The first-order valence-corrected chi connectivity index (χ1v) is 12.7. The Morgan fingerprint density at radius 2 is 1.76 bits per heavy atom. The van der Waals surface area contributed by atoms with Crippen LogP contribution in [-0.2, 0) is 0 Å². The van der Waals surface area contributed by atoms with E-state index in [0.717, 1.165) is 74.3 Å². The largest absolute Gasteiger partial charge is 0.474 e. The Morgan fingerprint density at radius 1 is 1.06 bits per heavy atom. The summed E-state index contributed by atoms with van der Waals surface area (Å²) in [5.74, 6) is 1.89. The molecule has 4 rings (SSSR count). The predicted octanol–water partition coefficient (Wildman–Crippen LogP) is 4.96. The van der Waals surface area contributed by atoms with E-state index in [1.54, 1.807) is 0 Å². The van der Waals surface area contributed by atoms with E-state index in [9.17, 15) is 10.2 Å². The highest BCUT2D eigenvalue weighted by atomic mass is 16.5. The zero-order valence-electron chi connectivity index (χ0n) is 20.5. The molecule has 2 aromatic rings. The van der Waals surface area contributed by atoms with E-state index in [-0.39, 0.29) is 12.2 Å². The van der Waals surface area contributed by atoms with Crippen molar-refractivity contribution in [2.45, 2.75) is 115 Å². The van der Waals surface area contributed by atoms with Crippen molar-refractivity contribution in [3.8, 4) is 5.88 Å².